The molecule has 3 heteroatoms. The zero-order chi connectivity index (χ0) is 15.5. The summed E-state index contributed by atoms with van der Waals surface area (Å²) >= 11 is 0. The molecule has 2 saturated carbocycles. The number of hydrogen-bond acceptors (Lipinski definition) is 3. The van der Waals surface area contributed by atoms with Crippen molar-refractivity contribution < 1.29 is 9.59 Å². The fraction of sp³-hybridized carbons (Fsp3) is 0.765. The minimum absolute atomic E-state index is 0.0624. The normalized spacial score (nSPS) is 28.6. The minimum Gasteiger partial charge on any atom is -0.296 e. The molecule has 2 aliphatic carbocycles. The van der Waals surface area contributed by atoms with Crippen LogP contribution in [0.2, 0.25) is 0 Å². The Morgan fingerprint density at radius 1 is 1.00 bits per heavy atom. The Bertz CT molecular complexity index is 461. The third kappa shape index (κ3) is 2.07. The fourth-order valence-corrected chi connectivity index (χ4v) is 3.69. The molecule has 0 aliphatic heterocycles. The van der Waals surface area contributed by atoms with Gasteiger partial charge in [-0.15, -0.1) is 0 Å². The number of ketones is 2. The lowest BCUT2D eigenvalue weighted by Gasteiger charge is -2.48. The Balaban J connectivity index is 2.55. The average Bonchev–Trinajstić information content (AvgIpc) is 3.10. The van der Waals surface area contributed by atoms with E-state index in [1.54, 1.807) is 0 Å². The highest BCUT2D eigenvalue weighted by Crippen LogP contribution is 2.53. The first kappa shape index (κ1) is 15.4. The van der Waals surface area contributed by atoms with Crippen LogP contribution >= 0.6 is 0 Å². The molecule has 0 amide bonds. The van der Waals surface area contributed by atoms with Crippen LogP contribution < -0.4 is 0 Å². The van der Waals surface area contributed by atoms with Crippen molar-refractivity contribution in [2.75, 3.05) is 7.05 Å². The van der Waals surface area contributed by atoms with E-state index in [4.69, 9.17) is 0 Å². The fourth-order valence-electron chi connectivity index (χ4n) is 3.69. The first-order valence-corrected chi connectivity index (χ1v) is 7.56. The number of allylic oxidation sites excluding steroid dienone is 2. The van der Waals surface area contributed by atoms with E-state index in [1.165, 1.54) is 5.57 Å². The van der Waals surface area contributed by atoms with Crippen LogP contribution in [0.25, 0.3) is 0 Å². The lowest BCUT2D eigenvalue weighted by Crippen LogP contribution is -2.61. The van der Waals surface area contributed by atoms with Gasteiger partial charge in [0, 0.05) is 16.9 Å². The van der Waals surface area contributed by atoms with Crippen LogP contribution in [-0.2, 0) is 9.59 Å². The largest absolute Gasteiger partial charge is 0.296 e. The van der Waals surface area contributed by atoms with Crippen molar-refractivity contribution in [1.29, 1.82) is 0 Å². The van der Waals surface area contributed by atoms with Crippen LogP contribution in [0.15, 0.2) is 11.1 Å². The molecular formula is C17H27NO2. The summed E-state index contributed by atoms with van der Waals surface area (Å²) in [7, 11) is 1.88. The van der Waals surface area contributed by atoms with Crippen molar-refractivity contribution in [1.82, 2.24) is 4.90 Å². The highest BCUT2D eigenvalue weighted by atomic mass is 16.2. The van der Waals surface area contributed by atoms with Gasteiger partial charge in [-0.25, -0.2) is 0 Å². The molecule has 0 aromatic rings. The van der Waals surface area contributed by atoms with Crippen LogP contribution in [-0.4, -0.2) is 35.6 Å². The van der Waals surface area contributed by atoms with Gasteiger partial charge in [0.05, 0.1) is 0 Å². The average molecular weight is 277 g/mol. The summed E-state index contributed by atoms with van der Waals surface area (Å²) in [5.41, 5.74) is 1.36. The molecule has 0 spiro atoms. The number of nitrogens with zero attached hydrogens (tertiary/aromatic N) is 1. The Hall–Kier alpha value is -0.960. The Morgan fingerprint density at radius 2 is 1.40 bits per heavy atom. The van der Waals surface area contributed by atoms with Gasteiger partial charge in [-0.1, -0.05) is 5.57 Å². The zero-order valence-corrected chi connectivity index (χ0v) is 13.8. The van der Waals surface area contributed by atoms with Gasteiger partial charge in [-0.3, -0.25) is 14.5 Å². The third-order valence-electron chi connectivity index (χ3n) is 5.05. The topological polar surface area (TPSA) is 37.4 Å². The molecule has 0 saturated heterocycles. The Morgan fingerprint density at radius 3 is 1.70 bits per heavy atom. The van der Waals surface area contributed by atoms with Gasteiger partial charge >= 0.3 is 0 Å². The van der Waals surface area contributed by atoms with Crippen molar-refractivity contribution in [3.63, 3.8) is 0 Å². The molecular weight excluding hydrogens is 250 g/mol. The molecule has 20 heavy (non-hydrogen) atoms. The summed E-state index contributed by atoms with van der Waals surface area (Å²) in [6.45, 7) is 12.0. The Kier molecular flexibility index (Phi) is 3.49. The quantitative estimate of drug-likeness (QED) is 0.575. The number of carbonyl (C=O) groups is 2. The molecule has 0 atom stereocenters. The second-order valence-electron chi connectivity index (χ2n) is 7.62. The molecule has 2 fully saturated rings. The maximum absolute atomic E-state index is 12.9. The minimum atomic E-state index is -0.608. The van der Waals surface area contributed by atoms with E-state index >= 15 is 0 Å². The smallest absolute Gasteiger partial charge is 0.167 e. The van der Waals surface area contributed by atoms with Gasteiger partial charge in [0.25, 0.3) is 0 Å². The summed E-state index contributed by atoms with van der Waals surface area (Å²) in [5, 5.41) is 0. The van der Waals surface area contributed by atoms with Gasteiger partial charge < -0.3 is 0 Å². The molecule has 0 radical (unpaired) electrons. The number of likely N-dealkylation sites (N-methyl/N-ethyl adjacent to an activating group) is 1. The zero-order valence-electron chi connectivity index (χ0n) is 13.8. The Labute approximate surface area is 122 Å². The molecule has 0 bridgehead atoms. The van der Waals surface area contributed by atoms with Gasteiger partial charge in [-0.2, -0.15) is 0 Å². The molecule has 0 aromatic heterocycles. The van der Waals surface area contributed by atoms with Crippen molar-refractivity contribution in [3.05, 3.63) is 11.1 Å². The van der Waals surface area contributed by atoms with Gasteiger partial charge in [0.1, 0.15) is 6.04 Å². The van der Waals surface area contributed by atoms with Crippen molar-refractivity contribution in [2.24, 2.45) is 10.8 Å². The SMILES string of the molecule is CC(C)N(C)C1C(=O)C(C)(C)C(=C2CC2)C(C)(C)C1=O. The van der Waals surface area contributed by atoms with Crippen LogP contribution in [0, 0.1) is 10.8 Å². The second-order valence-corrected chi connectivity index (χ2v) is 7.62. The number of hydrogen-bond donors (Lipinski definition) is 0. The standard InChI is InChI=1S/C17H27NO2/c1-10(2)18(7)12-14(19)16(3,4)13(11-8-9-11)17(5,6)15(12)20/h10,12H,8-9H2,1-7H3. The van der Waals surface area contributed by atoms with E-state index in [2.05, 4.69) is 0 Å². The van der Waals surface area contributed by atoms with Gasteiger partial charge in [0.2, 0.25) is 0 Å². The molecule has 0 unspecified atom stereocenters. The lowest BCUT2D eigenvalue weighted by molar-refractivity contribution is -0.147. The van der Waals surface area contributed by atoms with Crippen LogP contribution in [0.3, 0.4) is 0 Å². The highest BCUT2D eigenvalue weighted by molar-refractivity contribution is 6.16. The van der Waals surface area contributed by atoms with Crippen LogP contribution in [0.5, 0.6) is 0 Å². The third-order valence-corrected chi connectivity index (χ3v) is 5.05. The van der Waals surface area contributed by atoms with Crippen molar-refractivity contribution in [3.8, 4) is 0 Å². The lowest BCUT2D eigenvalue weighted by atomic mass is 9.57. The highest BCUT2D eigenvalue weighted by Gasteiger charge is 2.57. The second kappa shape index (κ2) is 4.52. The van der Waals surface area contributed by atoms with E-state index in [0.29, 0.717) is 0 Å². The van der Waals surface area contributed by atoms with E-state index in [9.17, 15) is 9.59 Å². The number of carbonyl (C=O) groups excluding carboxylic acids is 2. The molecule has 2 aliphatic rings. The summed E-state index contributed by atoms with van der Waals surface area (Å²) < 4.78 is 0. The maximum Gasteiger partial charge on any atom is 0.167 e. The number of Topliss-reactive ketones (excluding diaryl/α,β-unsaturated/α-hetero) is 2. The molecule has 0 N–H and O–H groups in total. The van der Waals surface area contributed by atoms with Crippen molar-refractivity contribution in [2.45, 2.75) is 66.5 Å². The first-order chi connectivity index (χ1) is 9.02. The van der Waals surface area contributed by atoms with Crippen LogP contribution in [0.4, 0.5) is 0 Å². The number of rotatable bonds is 2. The molecule has 2 rings (SSSR count). The molecule has 3 nitrogen and oxygen atoms in total. The predicted octanol–water partition coefficient (Wildman–Crippen LogP) is 2.99. The molecule has 0 heterocycles. The van der Waals surface area contributed by atoms with Crippen molar-refractivity contribution >= 4 is 11.6 Å². The summed E-state index contributed by atoms with van der Waals surface area (Å²) in [4.78, 5) is 27.8. The van der Waals surface area contributed by atoms with Gasteiger partial charge in [-0.05, 0) is 67.0 Å². The van der Waals surface area contributed by atoms with Crippen LogP contribution in [0.1, 0.15) is 54.4 Å². The van der Waals surface area contributed by atoms with E-state index in [-0.39, 0.29) is 17.6 Å². The van der Waals surface area contributed by atoms with E-state index < -0.39 is 16.9 Å². The van der Waals surface area contributed by atoms with Gasteiger partial charge in [0.15, 0.2) is 11.6 Å². The monoisotopic (exact) mass is 277 g/mol. The van der Waals surface area contributed by atoms with E-state index in [0.717, 1.165) is 18.4 Å². The molecule has 112 valence electrons. The molecule has 0 aromatic carbocycles. The summed E-state index contributed by atoms with van der Waals surface area (Å²) in [6, 6.07) is -0.433. The predicted molar refractivity (Wildman–Crippen MR) is 80.5 cm³/mol. The van der Waals surface area contributed by atoms with E-state index in [1.807, 2.05) is 53.5 Å². The summed E-state index contributed by atoms with van der Waals surface area (Å²) in [6.07, 6.45) is 2.10. The maximum atomic E-state index is 12.9. The summed E-state index contributed by atoms with van der Waals surface area (Å²) in [5.74, 6) is 0.125. The first-order valence-electron chi connectivity index (χ1n) is 7.56.